The number of benzene rings is 1. The van der Waals surface area contributed by atoms with Gasteiger partial charge in [-0.25, -0.2) is 0 Å². The summed E-state index contributed by atoms with van der Waals surface area (Å²) in [6.07, 6.45) is 0. The van der Waals surface area contributed by atoms with Crippen LogP contribution in [-0.4, -0.2) is 13.1 Å². The molecular formula is C16H28N2. The molecule has 2 heteroatoms. The lowest BCUT2D eigenvalue weighted by molar-refractivity contribution is 0.362. The molecule has 0 aliphatic carbocycles. The Hall–Kier alpha value is -0.860. The van der Waals surface area contributed by atoms with Crippen molar-refractivity contribution in [1.29, 1.82) is 0 Å². The summed E-state index contributed by atoms with van der Waals surface area (Å²) in [5.74, 6) is 1.90. The van der Waals surface area contributed by atoms with Gasteiger partial charge in [0.2, 0.25) is 0 Å². The number of nitrogens with one attached hydrogen (secondary N) is 1. The zero-order valence-electron chi connectivity index (χ0n) is 12.2. The molecule has 0 saturated carbocycles. The van der Waals surface area contributed by atoms with Gasteiger partial charge in [-0.1, -0.05) is 58.0 Å². The van der Waals surface area contributed by atoms with E-state index >= 15 is 0 Å². The largest absolute Gasteiger partial charge is 0.324 e. The van der Waals surface area contributed by atoms with Crippen LogP contribution in [-0.2, 0) is 0 Å². The lowest BCUT2D eigenvalue weighted by atomic mass is 9.94. The Morgan fingerprint density at radius 3 is 2.06 bits per heavy atom. The Bertz CT molecular complexity index is 321. The van der Waals surface area contributed by atoms with Crippen LogP contribution in [0.3, 0.4) is 0 Å². The van der Waals surface area contributed by atoms with E-state index in [0.717, 1.165) is 19.0 Å². The Morgan fingerprint density at radius 2 is 1.50 bits per heavy atom. The molecule has 3 unspecified atom stereocenters. The first kappa shape index (κ1) is 15.2. The second-order valence-electron chi connectivity index (χ2n) is 5.79. The maximum atomic E-state index is 6.28. The van der Waals surface area contributed by atoms with Crippen molar-refractivity contribution in [3.8, 4) is 0 Å². The fourth-order valence-electron chi connectivity index (χ4n) is 1.91. The van der Waals surface area contributed by atoms with Crippen LogP contribution in [0.15, 0.2) is 30.3 Å². The second kappa shape index (κ2) is 7.55. The van der Waals surface area contributed by atoms with Gasteiger partial charge in [-0.15, -0.1) is 0 Å². The topological polar surface area (TPSA) is 38.0 Å². The minimum atomic E-state index is 0.119. The molecule has 0 radical (unpaired) electrons. The molecule has 3 atom stereocenters. The Labute approximate surface area is 112 Å². The van der Waals surface area contributed by atoms with E-state index in [9.17, 15) is 0 Å². The van der Waals surface area contributed by atoms with Gasteiger partial charge in [0.1, 0.15) is 0 Å². The fourth-order valence-corrected chi connectivity index (χ4v) is 1.91. The maximum Gasteiger partial charge on any atom is 0.0333 e. The van der Waals surface area contributed by atoms with E-state index in [1.54, 1.807) is 0 Å². The molecule has 0 aliphatic rings. The fraction of sp³-hybridized carbons (Fsp3) is 0.625. The Balaban J connectivity index is 2.35. The molecule has 1 aromatic rings. The summed E-state index contributed by atoms with van der Waals surface area (Å²) in [7, 11) is 0. The molecule has 0 saturated heterocycles. The van der Waals surface area contributed by atoms with Crippen molar-refractivity contribution in [1.82, 2.24) is 5.32 Å². The molecule has 1 aromatic carbocycles. The number of hydrogen-bond donors (Lipinski definition) is 2. The van der Waals surface area contributed by atoms with Crippen molar-refractivity contribution >= 4 is 0 Å². The molecular weight excluding hydrogens is 220 g/mol. The standard InChI is InChI=1S/C16H28N2/c1-12(2)13(3)10-18-11-14(4)16(17)15-8-6-5-7-9-15/h5-9,12-14,16,18H,10-11,17H2,1-4H3. The normalized spacial score (nSPS) is 16.6. The average molecular weight is 248 g/mol. The summed E-state index contributed by atoms with van der Waals surface area (Å²) in [5.41, 5.74) is 7.50. The number of hydrogen-bond acceptors (Lipinski definition) is 2. The first-order valence-corrected chi connectivity index (χ1v) is 7.03. The molecule has 2 nitrogen and oxygen atoms in total. The monoisotopic (exact) mass is 248 g/mol. The number of nitrogens with two attached hydrogens (primary N) is 1. The van der Waals surface area contributed by atoms with E-state index in [1.807, 2.05) is 6.07 Å². The first-order chi connectivity index (χ1) is 8.52. The third kappa shape index (κ3) is 4.79. The summed E-state index contributed by atoms with van der Waals surface area (Å²) < 4.78 is 0. The molecule has 0 heterocycles. The molecule has 0 fully saturated rings. The summed E-state index contributed by atoms with van der Waals surface area (Å²) in [5, 5.41) is 3.54. The third-order valence-corrected chi connectivity index (χ3v) is 3.87. The molecule has 0 amide bonds. The second-order valence-corrected chi connectivity index (χ2v) is 5.79. The Kier molecular flexibility index (Phi) is 6.37. The van der Waals surface area contributed by atoms with Gasteiger partial charge in [-0.2, -0.15) is 0 Å². The van der Waals surface area contributed by atoms with Crippen LogP contribution in [0.1, 0.15) is 39.3 Å². The van der Waals surface area contributed by atoms with Crippen LogP contribution in [0, 0.1) is 17.8 Å². The van der Waals surface area contributed by atoms with Crippen LogP contribution in [0.4, 0.5) is 0 Å². The van der Waals surface area contributed by atoms with Crippen LogP contribution >= 0.6 is 0 Å². The zero-order valence-corrected chi connectivity index (χ0v) is 12.2. The van der Waals surface area contributed by atoms with E-state index in [0.29, 0.717) is 11.8 Å². The molecule has 0 bridgehead atoms. The van der Waals surface area contributed by atoms with Gasteiger partial charge in [0, 0.05) is 6.04 Å². The quantitative estimate of drug-likeness (QED) is 0.777. The van der Waals surface area contributed by atoms with Gasteiger partial charge in [0.15, 0.2) is 0 Å². The van der Waals surface area contributed by atoms with Crippen molar-refractivity contribution in [3.05, 3.63) is 35.9 Å². The minimum absolute atomic E-state index is 0.119. The highest BCUT2D eigenvalue weighted by Crippen LogP contribution is 2.18. The van der Waals surface area contributed by atoms with Crippen LogP contribution in [0.2, 0.25) is 0 Å². The van der Waals surface area contributed by atoms with E-state index in [1.165, 1.54) is 5.56 Å². The molecule has 3 N–H and O–H groups in total. The predicted molar refractivity (Wildman–Crippen MR) is 79.4 cm³/mol. The predicted octanol–water partition coefficient (Wildman–Crippen LogP) is 3.20. The highest BCUT2D eigenvalue weighted by molar-refractivity contribution is 5.19. The van der Waals surface area contributed by atoms with Gasteiger partial charge in [-0.3, -0.25) is 0 Å². The molecule has 0 spiro atoms. The van der Waals surface area contributed by atoms with Crippen LogP contribution < -0.4 is 11.1 Å². The Morgan fingerprint density at radius 1 is 0.944 bits per heavy atom. The van der Waals surface area contributed by atoms with Gasteiger partial charge >= 0.3 is 0 Å². The molecule has 18 heavy (non-hydrogen) atoms. The zero-order chi connectivity index (χ0) is 13.5. The maximum absolute atomic E-state index is 6.28. The summed E-state index contributed by atoms with van der Waals surface area (Å²) >= 11 is 0. The van der Waals surface area contributed by atoms with E-state index in [2.05, 4.69) is 57.3 Å². The molecule has 0 aliphatic heterocycles. The molecule has 102 valence electrons. The average Bonchev–Trinajstić information content (AvgIpc) is 2.38. The smallest absolute Gasteiger partial charge is 0.0333 e. The van der Waals surface area contributed by atoms with Gasteiger partial charge in [0.25, 0.3) is 0 Å². The van der Waals surface area contributed by atoms with Crippen LogP contribution in [0.5, 0.6) is 0 Å². The van der Waals surface area contributed by atoms with Gasteiger partial charge < -0.3 is 11.1 Å². The SMILES string of the molecule is CC(C)C(C)CNCC(C)C(N)c1ccccc1. The third-order valence-electron chi connectivity index (χ3n) is 3.87. The van der Waals surface area contributed by atoms with E-state index < -0.39 is 0 Å². The summed E-state index contributed by atoms with van der Waals surface area (Å²) in [6.45, 7) is 11.1. The first-order valence-electron chi connectivity index (χ1n) is 7.03. The number of rotatable bonds is 7. The minimum Gasteiger partial charge on any atom is -0.324 e. The van der Waals surface area contributed by atoms with Crippen molar-refractivity contribution in [2.75, 3.05) is 13.1 Å². The van der Waals surface area contributed by atoms with Crippen molar-refractivity contribution < 1.29 is 0 Å². The highest BCUT2D eigenvalue weighted by Gasteiger charge is 2.15. The summed E-state index contributed by atoms with van der Waals surface area (Å²) in [4.78, 5) is 0. The molecule has 0 aromatic heterocycles. The highest BCUT2D eigenvalue weighted by atomic mass is 14.9. The van der Waals surface area contributed by atoms with E-state index in [-0.39, 0.29) is 6.04 Å². The lowest BCUT2D eigenvalue weighted by Crippen LogP contribution is -2.32. The molecule has 1 rings (SSSR count). The van der Waals surface area contributed by atoms with Crippen molar-refractivity contribution in [2.45, 2.75) is 33.7 Å². The van der Waals surface area contributed by atoms with Crippen molar-refractivity contribution in [2.24, 2.45) is 23.5 Å². The van der Waals surface area contributed by atoms with Crippen LogP contribution in [0.25, 0.3) is 0 Å². The summed E-state index contributed by atoms with van der Waals surface area (Å²) in [6, 6.07) is 10.5. The van der Waals surface area contributed by atoms with Gasteiger partial charge in [-0.05, 0) is 36.4 Å². The van der Waals surface area contributed by atoms with Gasteiger partial charge in [0.05, 0.1) is 0 Å². The van der Waals surface area contributed by atoms with E-state index in [4.69, 9.17) is 5.73 Å². The van der Waals surface area contributed by atoms with Crippen molar-refractivity contribution in [3.63, 3.8) is 0 Å². The lowest BCUT2D eigenvalue weighted by Gasteiger charge is -2.23.